The van der Waals surface area contributed by atoms with Crippen LogP contribution in [0.25, 0.3) is 11.0 Å². The van der Waals surface area contributed by atoms with Crippen LogP contribution in [-0.2, 0) is 6.42 Å². The van der Waals surface area contributed by atoms with Crippen LogP contribution in [0.3, 0.4) is 0 Å². The van der Waals surface area contributed by atoms with Gasteiger partial charge in [-0.2, -0.15) is 0 Å². The minimum atomic E-state index is -0.642. The number of carbonyl (C=O) groups excluding carboxylic acids is 1. The topological polar surface area (TPSA) is 99.7 Å². The highest BCUT2D eigenvalue weighted by molar-refractivity contribution is 5.92. The van der Waals surface area contributed by atoms with Crippen LogP contribution in [0.4, 0.5) is 5.69 Å². The van der Waals surface area contributed by atoms with E-state index in [9.17, 15) is 19.7 Å². The molecule has 138 valence electrons. The molecule has 3 aromatic rings. The number of nitro benzene ring substituents is 1. The molecule has 1 heterocycles. The minimum Gasteiger partial charge on any atom is -0.423 e. The van der Waals surface area contributed by atoms with Crippen molar-refractivity contribution in [1.29, 1.82) is 0 Å². The standard InChI is InChI=1S/C20H17NO6/c1-4-13-9-15-11(2)8-19(22)26-18(15)10-17(13)27-20(23)14-5-6-16(21(24)25)12(3)7-14/h5-10H,4H2,1-3H3. The van der Waals surface area contributed by atoms with Crippen molar-refractivity contribution in [2.45, 2.75) is 27.2 Å². The van der Waals surface area contributed by atoms with Crippen molar-refractivity contribution in [3.63, 3.8) is 0 Å². The van der Waals surface area contributed by atoms with Crippen LogP contribution in [0.15, 0.2) is 45.6 Å². The number of hydrogen-bond acceptors (Lipinski definition) is 6. The van der Waals surface area contributed by atoms with Crippen molar-refractivity contribution >= 4 is 22.6 Å². The number of esters is 1. The lowest BCUT2D eigenvalue weighted by molar-refractivity contribution is -0.385. The molecular weight excluding hydrogens is 350 g/mol. The maximum atomic E-state index is 12.5. The lowest BCUT2D eigenvalue weighted by atomic mass is 10.0. The molecule has 7 heteroatoms. The Balaban J connectivity index is 2.00. The Morgan fingerprint density at radius 3 is 2.52 bits per heavy atom. The first-order chi connectivity index (χ1) is 12.8. The maximum absolute atomic E-state index is 12.5. The van der Waals surface area contributed by atoms with Crippen LogP contribution in [0, 0.1) is 24.0 Å². The van der Waals surface area contributed by atoms with Gasteiger partial charge in [-0.15, -0.1) is 0 Å². The number of fused-ring (bicyclic) bond motifs is 1. The summed E-state index contributed by atoms with van der Waals surface area (Å²) in [5.74, 6) is -0.350. The highest BCUT2D eigenvalue weighted by atomic mass is 16.6. The number of carbonyl (C=O) groups is 1. The van der Waals surface area contributed by atoms with Gasteiger partial charge in [0.2, 0.25) is 0 Å². The Morgan fingerprint density at radius 1 is 1.15 bits per heavy atom. The van der Waals surface area contributed by atoms with Gasteiger partial charge in [0.1, 0.15) is 11.3 Å². The van der Waals surface area contributed by atoms with Crippen LogP contribution < -0.4 is 10.4 Å². The lowest BCUT2D eigenvalue weighted by Crippen LogP contribution is -2.11. The second kappa shape index (κ2) is 7.03. The Hall–Kier alpha value is -3.48. The summed E-state index contributed by atoms with van der Waals surface area (Å²) in [6.07, 6.45) is 0.608. The second-order valence-electron chi connectivity index (χ2n) is 6.21. The van der Waals surface area contributed by atoms with Crippen molar-refractivity contribution in [3.05, 3.63) is 79.2 Å². The van der Waals surface area contributed by atoms with Gasteiger partial charge in [0, 0.05) is 29.1 Å². The molecule has 27 heavy (non-hydrogen) atoms. The Kier molecular flexibility index (Phi) is 4.77. The van der Waals surface area contributed by atoms with Gasteiger partial charge >= 0.3 is 11.6 Å². The zero-order valence-corrected chi connectivity index (χ0v) is 15.1. The molecule has 0 saturated carbocycles. The number of nitro groups is 1. The maximum Gasteiger partial charge on any atom is 0.343 e. The van der Waals surface area contributed by atoms with E-state index in [1.54, 1.807) is 6.92 Å². The molecule has 2 aromatic carbocycles. The van der Waals surface area contributed by atoms with Gasteiger partial charge in [0.25, 0.3) is 5.69 Å². The van der Waals surface area contributed by atoms with E-state index >= 15 is 0 Å². The Labute approximate surface area is 154 Å². The fraction of sp³-hybridized carbons (Fsp3) is 0.200. The van der Waals surface area contributed by atoms with E-state index < -0.39 is 16.5 Å². The molecule has 7 nitrogen and oxygen atoms in total. The van der Waals surface area contributed by atoms with Crippen molar-refractivity contribution in [2.24, 2.45) is 0 Å². The summed E-state index contributed by atoms with van der Waals surface area (Å²) in [4.78, 5) is 34.5. The molecule has 0 aliphatic carbocycles. The highest BCUT2D eigenvalue weighted by Crippen LogP contribution is 2.29. The van der Waals surface area contributed by atoms with Crippen LogP contribution in [-0.4, -0.2) is 10.9 Å². The predicted octanol–water partition coefficient (Wildman–Crippen LogP) is 4.10. The van der Waals surface area contributed by atoms with Crippen LogP contribution in [0.2, 0.25) is 0 Å². The molecule has 0 amide bonds. The van der Waals surface area contributed by atoms with E-state index in [1.165, 1.54) is 30.3 Å². The quantitative estimate of drug-likeness (QED) is 0.226. The van der Waals surface area contributed by atoms with Gasteiger partial charge in [-0.25, -0.2) is 9.59 Å². The van der Waals surface area contributed by atoms with Crippen molar-refractivity contribution in [3.8, 4) is 5.75 Å². The van der Waals surface area contributed by atoms with Gasteiger partial charge < -0.3 is 9.15 Å². The molecule has 0 atom stereocenters. The highest BCUT2D eigenvalue weighted by Gasteiger charge is 2.17. The number of nitrogens with zero attached hydrogens (tertiary/aromatic N) is 1. The van der Waals surface area contributed by atoms with Gasteiger partial charge in [0.05, 0.1) is 10.5 Å². The van der Waals surface area contributed by atoms with Crippen LogP contribution >= 0.6 is 0 Å². The number of benzene rings is 2. The molecule has 1 aromatic heterocycles. The van der Waals surface area contributed by atoms with Gasteiger partial charge in [0.15, 0.2) is 0 Å². The normalized spacial score (nSPS) is 10.8. The molecule has 3 rings (SSSR count). The summed E-state index contributed by atoms with van der Waals surface area (Å²) in [5.41, 5.74) is 1.92. The first kappa shape index (κ1) is 18.3. The first-order valence-corrected chi connectivity index (χ1v) is 8.34. The molecule has 0 aliphatic rings. The van der Waals surface area contributed by atoms with E-state index in [4.69, 9.17) is 9.15 Å². The molecular formula is C20H17NO6. The fourth-order valence-electron chi connectivity index (χ4n) is 2.91. The molecule has 0 bridgehead atoms. The minimum absolute atomic E-state index is 0.0660. The number of hydrogen-bond donors (Lipinski definition) is 0. The largest absolute Gasteiger partial charge is 0.423 e. The molecule has 0 aliphatic heterocycles. The van der Waals surface area contributed by atoms with Gasteiger partial charge in [-0.05, 0) is 49.6 Å². The first-order valence-electron chi connectivity index (χ1n) is 8.34. The second-order valence-corrected chi connectivity index (χ2v) is 6.21. The van der Waals surface area contributed by atoms with Crippen LogP contribution in [0.1, 0.15) is 34.0 Å². The number of rotatable bonds is 4. The molecule has 0 unspecified atom stereocenters. The van der Waals surface area contributed by atoms with Gasteiger partial charge in [-0.1, -0.05) is 6.92 Å². The summed E-state index contributed by atoms with van der Waals surface area (Å²) in [6.45, 7) is 5.28. The molecule has 0 saturated heterocycles. The SMILES string of the molecule is CCc1cc2c(C)cc(=O)oc2cc1OC(=O)c1ccc([N+](=O)[O-])c(C)c1. The van der Waals surface area contributed by atoms with Gasteiger partial charge in [-0.3, -0.25) is 10.1 Å². The summed E-state index contributed by atoms with van der Waals surface area (Å²) in [6, 6.07) is 8.81. The number of aryl methyl sites for hydroxylation is 3. The molecule has 0 N–H and O–H groups in total. The summed E-state index contributed by atoms with van der Waals surface area (Å²) in [5, 5.41) is 11.7. The van der Waals surface area contributed by atoms with Crippen LogP contribution in [0.5, 0.6) is 5.75 Å². The average Bonchev–Trinajstić information content (AvgIpc) is 2.60. The number of ether oxygens (including phenoxy) is 1. The fourth-order valence-corrected chi connectivity index (χ4v) is 2.91. The summed E-state index contributed by atoms with van der Waals surface area (Å²) >= 11 is 0. The van der Waals surface area contributed by atoms with E-state index in [1.807, 2.05) is 19.9 Å². The summed E-state index contributed by atoms with van der Waals surface area (Å²) < 4.78 is 10.7. The van der Waals surface area contributed by atoms with Crippen molar-refractivity contribution < 1.29 is 18.9 Å². The molecule has 0 radical (unpaired) electrons. The van der Waals surface area contributed by atoms with Crippen molar-refractivity contribution in [1.82, 2.24) is 0 Å². The third-order valence-corrected chi connectivity index (χ3v) is 4.35. The third kappa shape index (κ3) is 3.57. The zero-order chi connectivity index (χ0) is 19.7. The predicted molar refractivity (Wildman–Crippen MR) is 99.4 cm³/mol. The molecule has 0 spiro atoms. The lowest BCUT2D eigenvalue weighted by Gasteiger charge is -2.11. The van der Waals surface area contributed by atoms with E-state index in [0.717, 1.165) is 16.5 Å². The van der Waals surface area contributed by atoms with E-state index in [2.05, 4.69) is 0 Å². The Morgan fingerprint density at radius 2 is 1.89 bits per heavy atom. The smallest absolute Gasteiger partial charge is 0.343 e. The van der Waals surface area contributed by atoms with Crippen molar-refractivity contribution in [2.75, 3.05) is 0 Å². The summed E-state index contributed by atoms with van der Waals surface area (Å²) in [7, 11) is 0. The zero-order valence-electron chi connectivity index (χ0n) is 15.1. The molecule has 0 fully saturated rings. The third-order valence-electron chi connectivity index (χ3n) is 4.35. The van der Waals surface area contributed by atoms with E-state index in [-0.39, 0.29) is 11.3 Å². The van der Waals surface area contributed by atoms with E-state index in [0.29, 0.717) is 23.3 Å². The average molecular weight is 367 g/mol. The Bertz CT molecular complexity index is 1130. The monoisotopic (exact) mass is 367 g/mol.